The summed E-state index contributed by atoms with van der Waals surface area (Å²) in [6.45, 7) is 0.217. The van der Waals surface area contributed by atoms with Crippen LogP contribution in [0.25, 0.3) is 10.9 Å². The van der Waals surface area contributed by atoms with Crippen molar-refractivity contribution in [2.45, 2.75) is 6.42 Å². The number of hydrogen-bond donors (Lipinski definition) is 6. The molecular weight excluding hydrogens is 494 g/mol. The fourth-order valence-corrected chi connectivity index (χ4v) is 3.93. The van der Waals surface area contributed by atoms with E-state index in [1.807, 2.05) is 0 Å². The Morgan fingerprint density at radius 3 is 2.21 bits per heavy atom. The first-order chi connectivity index (χ1) is 18.0. The van der Waals surface area contributed by atoms with Crippen molar-refractivity contribution in [2.75, 3.05) is 17.2 Å². The second-order valence-electron chi connectivity index (χ2n) is 8.57. The van der Waals surface area contributed by atoms with Crippen molar-refractivity contribution in [3.8, 4) is 0 Å². The number of carbonyl (C=O) groups excluding carboxylic acids is 3. The third-order valence-corrected chi connectivity index (χ3v) is 5.75. The van der Waals surface area contributed by atoms with Gasteiger partial charge in [0.15, 0.2) is 0 Å². The number of nitro groups is 1. The molecule has 0 spiro atoms. The molecule has 3 heterocycles. The number of fused-ring (bicyclic) bond motifs is 1. The number of hydrogen-bond acceptors (Lipinski definition) is 6. The lowest BCUT2D eigenvalue weighted by Gasteiger charge is -2.04. The minimum atomic E-state index is -0.531. The highest BCUT2D eigenvalue weighted by molar-refractivity contribution is 6.09. The van der Waals surface area contributed by atoms with Gasteiger partial charge < -0.3 is 35.8 Å². The van der Waals surface area contributed by atoms with Gasteiger partial charge in [0.05, 0.1) is 33.0 Å². The smallest absolute Gasteiger partial charge is 0.278 e. The van der Waals surface area contributed by atoms with Crippen molar-refractivity contribution in [2.24, 2.45) is 19.8 Å². The number of nitro benzene ring substituents is 1. The molecule has 0 saturated carbocycles. The topological polar surface area (TPSA) is 206 Å². The maximum Gasteiger partial charge on any atom is 0.278 e. The van der Waals surface area contributed by atoms with Gasteiger partial charge in [-0.1, -0.05) is 6.07 Å². The van der Waals surface area contributed by atoms with E-state index in [4.69, 9.17) is 11.1 Å². The van der Waals surface area contributed by atoms with Crippen LogP contribution in [0.4, 0.5) is 17.1 Å². The summed E-state index contributed by atoms with van der Waals surface area (Å²) in [7, 11) is 3.29. The number of anilines is 2. The molecule has 0 aliphatic rings. The van der Waals surface area contributed by atoms with E-state index < -0.39 is 16.7 Å². The summed E-state index contributed by atoms with van der Waals surface area (Å²) in [6.07, 6.45) is 3.36. The van der Waals surface area contributed by atoms with Crippen molar-refractivity contribution >= 4 is 51.5 Å². The van der Waals surface area contributed by atoms with Crippen LogP contribution in [0.5, 0.6) is 0 Å². The Balaban J connectivity index is 1.44. The molecule has 0 aliphatic carbocycles. The summed E-state index contributed by atoms with van der Waals surface area (Å²) in [5, 5.41) is 26.8. The summed E-state index contributed by atoms with van der Waals surface area (Å²) < 4.78 is 3.08. The lowest BCUT2D eigenvalue weighted by atomic mass is 10.2. The van der Waals surface area contributed by atoms with Gasteiger partial charge in [0.2, 0.25) is 0 Å². The van der Waals surface area contributed by atoms with E-state index in [2.05, 4.69) is 20.9 Å². The number of aryl methyl sites for hydroxylation is 2. The Morgan fingerprint density at radius 1 is 1.00 bits per heavy atom. The number of aromatic nitrogens is 3. The Hall–Kier alpha value is -5.40. The van der Waals surface area contributed by atoms with Gasteiger partial charge in [-0.25, -0.2) is 0 Å². The number of aromatic amines is 1. The Labute approximate surface area is 215 Å². The normalized spacial score (nSPS) is 10.8. The molecule has 4 aromatic rings. The van der Waals surface area contributed by atoms with E-state index >= 15 is 0 Å². The number of nitrogens with two attached hydrogens (primary N) is 1. The standard InChI is InChI=1S/C24H25N9O5/c1-31-12-14(8-19(31)23(35)27-7-6-21(25)26)29-24(36)20-9-13(11-32(20)2)28-22(34)17-10-15-16(30-17)4-3-5-18(15)33(37)38/h3-5,8-12,30H,6-7H2,1-2H3,(H3,25,26)(H,27,35)(H,28,34)(H,29,36). The number of amides is 3. The molecule has 0 radical (unpaired) electrons. The van der Waals surface area contributed by atoms with Crippen LogP contribution >= 0.6 is 0 Å². The van der Waals surface area contributed by atoms with E-state index in [1.54, 1.807) is 37.1 Å². The molecule has 0 unspecified atom stereocenters. The van der Waals surface area contributed by atoms with Crippen molar-refractivity contribution in [3.63, 3.8) is 0 Å². The molecule has 3 amide bonds. The summed E-state index contributed by atoms with van der Waals surface area (Å²) in [6, 6.07) is 8.92. The second-order valence-corrected chi connectivity index (χ2v) is 8.57. The second kappa shape index (κ2) is 10.3. The van der Waals surface area contributed by atoms with E-state index in [0.29, 0.717) is 28.0 Å². The first-order valence-corrected chi connectivity index (χ1v) is 11.4. The van der Waals surface area contributed by atoms with Crippen LogP contribution < -0.4 is 21.7 Å². The zero-order chi connectivity index (χ0) is 27.6. The quantitative estimate of drug-likeness (QED) is 0.0846. The summed E-state index contributed by atoms with van der Waals surface area (Å²) in [5.41, 5.74) is 7.03. The van der Waals surface area contributed by atoms with E-state index in [1.165, 1.54) is 34.9 Å². The number of carbonyl (C=O) groups is 3. The molecule has 7 N–H and O–H groups in total. The highest BCUT2D eigenvalue weighted by Gasteiger charge is 2.19. The molecule has 0 fully saturated rings. The van der Waals surface area contributed by atoms with Crippen LogP contribution in [0.15, 0.2) is 48.8 Å². The number of benzene rings is 1. The van der Waals surface area contributed by atoms with Crippen LogP contribution in [-0.4, -0.2) is 49.1 Å². The van der Waals surface area contributed by atoms with Gasteiger partial charge in [0, 0.05) is 45.5 Å². The minimum absolute atomic E-state index is 0.0337. The Bertz CT molecular complexity index is 1590. The molecule has 14 nitrogen and oxygen atoms in total. The fourth-order valence-electron chi connectivity index (χ4n) is 3.93. The predicted molar refractivity (Wildman–Crippen MR) is 141 cm³/mol. The van der Waals surface area contributed by atoms with Gasteiger partial charge in [-0.3, -0.25) is 29.9 Å². The van der Waals surface area contributed by atoms with Crippen molar-refractivity contribution in [1.29, 1.82) is 5.41 Å². The van der Waals surface area contributed by atoms with Crippen molar-refractivity contribution in [1.82, 2.24) is 19.4 Å². The zero-order valence-electron chi connectivity index (χ0n) is 20.5. The van der Waals surface area contributed by atoms with Crippen molar-refractivity contribution < 1.29 is 19.3 Å². The van der Waals surface area contributed by atoms with Crippen molar-refractivity contribution in [3.05, 3.63) is 76.0 Å². The van der Waals surface area contributed by atoms with Gasteiger partial charge >= 0.3 is 0 Å². The van der Waals surface area contributed by atoms with Crippen LogP contribution in [0.3, 0.4) is 0 Å². The van der Waals surface area contributed by atoms with Crippen LogP contribution in [0, 0.1) is 15.5 Å². The van der Waals surface area contributed by atoms with Crippen LogP contribution in [0.1, 0.15) is 37.9 Å². The molecule has 0 bridgehead atoms. The molecule has 0 aliphatic heterocycles. The average molecular weight is 520 g/mol. The monoisotopic (exact) mass is 519 g/mol. The number of non-ortho nitro benzene ring substituents is 1. The Morgan fingerprint density at radius 2 is 1.61 bits per heavy atom. The highest BCUT2D eigenvalue weighted by atomic mass is 16.6. The number of nitrogens with one attached hydrogen (secondary N) is 5. The zero-order valence-corrected chi connectivity index (χ0v) is 20.5. The molecule has 38 heavy (non-hydrogen) atoms. The van der Waals surface area contributed by atoms with Gasteiger partial charge in [0.25, 0.3) is 23.4 Å². The first-order valence-electron chi connectivity index (χ1n) is 11.4. The van der Waals surface area contributed by atoms with Gasteiger partial charge in [-0.15, -0.1) is 0 Å². The predicted octanol–water partition coefficient (Wildman–Crippen LogP) is 2.31. The highest BCUT2D eigenvalue weighted by Crippen LogP contribution is 2.26. The summed E-state index contributed by atoms with van der Waals surface area (Å²) >= 11 is 0. The first kappa shape index (κ1) is 25.7. The number of nitrogens with zero attached hydrogens (tertiary/aromatic N) is 3. The lowest BCUT2D eigenvalue weighted by molar-refractivity contribution is -0.383. The molecule has 14 heteroatoms. The molecule has 3 aromatic heterocycles. The van der Waals surface area contributed by atoms with E-state index in [0.717, 1.165) is 0 Å². The molecule has 4 rings (SSSR count). The van der Waals surface area contributed by atoms with Gasteiger partial charge in [-0.2, -0.15) is 0 Å². The average Bonchev–Trinajstić information content (AvgIpc) is 3.54. The summed E-state index contributed by atoms with van der Waals surface area (Å²) in [5.74, 6) is -1.41. The minimum Gasteiger partial charge on any atom is -0.388 e. The third-order valence-electron chi connectivity index (χ3n) is 5.75. The molecular formula is C24H25N9O5. The Kier molecular flexibility index (Phi) is 6.96. The van der Waals surface area contributed by atoms with Crippen LogP contribution in [-0.2, 0) is 14.1 Å². The van der Waals surface area contributed by atoms with Gasteiger partial charge in [-0.05, 0) is 24.3 Å². The molecule has 0 saturated heterocycles. The fraction of sp³-hybridized carbons (Fsp3) is 0.167. The third kappa shape index (κ3) is 5.38. The largest absolute Gasteiger partial charge is 0.388 e. The number of rotatable bonds is 9. The number of H-pyrrole nitrogens is 1. The van der Waals surface area contributed by atoms with Gasteiger partial charge in [0.1, 0.15) is 17.1 Å². The lowest BCUT2D eigenvalue weighted by Crippen LogP contribution is -2.28. The number of amidine groups is 1. The maximum atomic E-state index is 12.9. The molecule has 196 valence electrons. The van der Waals surface area contributed by atoms with Crippen LogP contribution in [0.2, 0.25) is 0 Å². The van der Waals surface area contributed by atoms with E-state index in [-0.39, 0.29) is 41.8 Å². The molecule has 1 aromatic carbocycles. The van der Waals surface area contributed by atoms with E-state index in [9.17, 15) is 24.5 Å². The maximum absolute atomic E-state index is 12.9. The molecule has 0 atom stereocenters. The summed E-state index contributed by atoms with van der Waals surface area (Å²) in [4.78, 5) is 51.7. The SMILES string of the molecule is Cn1cc(NC(=O)c2cc(NC(=O)c3cc4c([N+](=O)[O-])cccc4[nH]3)cn2C)cc1C(=O)NCCC(=N)N.